The summed E-state index contributed by atoms with van der Waals surface area (Å²) in [5, 5.41) is 20.8. The summed E-state index contributed by atoms with van der Waals surface area (Å²) in [6.45, 7) is 2.20. The van der Waals surface area contributed by atoms with Crippen LogP contribution in [0.25, 0.3) is 0 Å². The number of ether oxygens (including phenoxy) is 2. The van der Waals surface area contributed by atoms with Crippen molar-refractivity contribution < 1.29 is 24.1 Å². The Morgan fingerprint density at radius 3 is 2.86 bits per heavy atom. The van der Waals surface area contributed by atoms with E-state index in [1.54, 1.807) is 0 Å². The number of aliphatic hydroxyl groups excluding tert-OH is 1. The van der Waals surface area contributed by atoms with Gasteiger partial charge in [-0.3, -0.25) is 4.90 Å². The minimum absolute atomic E-state index is 0.0138. The summed E-state index contributed by atoms with van der Waals surface area (Å²) in [6.07, 6.45) is -0.410. The third kappa shape index (κ3) is 3.21. The van der Waals surface area contributed by atoms with Crippen LogP contribution in [0.3, 0.4) is 0 Å². The minimum Gasteiger partial charge on any atom is -0.490 e. The molecule has 2 heterocycles. The lowest BCUT2D eigenvalue weighted by Gasteiger charge is -2.47. The third-order valence-corrected chi connectivity index (χ3v) is 4.61. The number of benzene rings is 1. The van der Waals surface area contributed by atoms with E-state index in [1.807, 2.05) is 0 Å². The van der Waals surface area contributed by atoms with E-state index in [9.17, 15) is 14.6 Å². The topological polar surface area (TPSA) is 62.2 Å². The van der Waals surface area contributed by atoms with Crippen LogP contribution >= 0.6 is 11.6 Å². The van der Waals surface area contributed by atoms with Crippen LogP contribution < -0.4 is 4.74 Å². The molecule has 1 aromatic rings. The molecule has 1 aromatic carbocycles. The van der Waals surface area contributed by atoms with E-state index in [0.717, 1.165) is 0 Å². The molecule has 0 aliphatic carbocycles. The highest BCUT2D eigenvalue weighted by molar-refractivity contribution is 6.30. The maximum Gasteiger partial charge on any atom is 0.145 e. The van der Waals surface area contributed by atoms with E-state index in [4.69, 9.17) is 21.1 Å². The van der Waals surface area contributed by atoms with Gasteiger partial charge in [-0.15, -0.1) is 0 Å². The molecule has 0 aromatic heterocycles. The molecular formula is C15H19ClFNO4. The molecule has 2 aliphatic rings. The van der Waals surface area contributed by atoms with E-state index in [2.05, 4.69) is 4.90 Å². The lowest BCUT2D eigenvalue weighted by molar-refractivity contribution is -0.167. The molecular weight excluding hydrogens is 313 g/mol. The molecule has 0 saturated carbocycles. The Labute approximate surface area is 133 Å². The van der Waals surface area contributed by atoms with Gasteiger partial charge in [0.25, 0.3) is 0 Å². The van der Waals surface area contributed by atoms with E-state index in [0.29, 0.717) is 32.7 Å². The maximum atomic E-state index is 13.4. The van der Waals surface area contributed by atoms with Crippen LogP contribution in [0, 0.1) is 5.82 Å². The fraction of sp³-hybridized carbons (Fsp3) is 0.600. The van der Waals surface area contributed by atoms with Crippen LogP contribution in [0.1, 0.15) is 6.42 Å². The predicted molar refractivity (Wildman–Crippen MR) is 78.7 cm³/mol. The number of nitrogens with zero attached hydrogens (tertiary/aromatic N) is 1. The summed E-state index contributed by atoms with van der Waals surface area (Å²) in [5.74, 6) is -0.310. The highest BCUT2D eigenvalue weighted by atomic mass is 35.5. The van der Waals surface area contributed by atoms with E-state index >= 15 is 0 Å². The fourth-order valence-corrected chi connectivity index (χ4v) is 2.87. The largest absolute Gasteiger partial charge is 0.490 e. The number of halogens is 2. The first-order chi connectivity index (χ1) is 10.5. The van der Waals surface area contributed by atoms with Crippen molar-refractivity contribution in [1.82, 2.24) is 4.90 Å². The van der Waals surface area contributed by atoms with Crippen LogP contribution in [-0.4, -0.2) is 65.8 Å². The van der Waals surface area contributed by atoms with Gasteiger partial charge in [-0.2, -0.15) is 0 Å². The highest BCUT2D eigenvalue weighted by Gasteiger charge is 2.44. The molecule has 7 heteroatoms. The van der Waals surface area contributed by atoms with Crippen LogP contribution in [0.15, 0.2) is 18.2 Å². The molecule has 0 spiro atoms. The second-order valence-electron chi connectivity index (χ2n) is 5.93. The van der Waals surface area contributed by atoms with Gasteiger partial charge in [-0.1, -0.05) is 11.6 Å². The molecule has 0 amide bonds. The van der Waals surface area contributed by atoms with Gasteiger partial charge >= 0.3 is 0 Å². The number of likely N-dealkylation sites (tertiary alicyclic amines) is 1. The second-order valence-corrected chi connectivity index (χ2v) is 6.34. The van der Waals surface area contributed by atoms with Crippen molar-refractivity contribution in [2.24, 2.45) is 0 Å². The zero-order chi connectivity index (χ0) is 15.7. The van der Waals surface area contributed by atoms with Crippen molar-refractivity contribution >= 4 is 11.6 Å². The number of aliphatic hydroxyl groups is 2. The Morgan fingerprint density at radius 2 is 2.23 bits per heavy atom. The first kappa shape index (κ1) is 16.0. The Morgan fingerprint density at radius 1 is 1.45 bits per heavy atom. The first-order valence-corrected chi connectivity index (χ1v) is 7.66. The summed E-state index contributed by atoms with van der Waals surface area (Å²) in [6, 6.07) is 4.37. The fourth-order valence-electron chi connectivity index (χ4n) is 2.76. The van der Waals surface area contributed by atoms with Crippen LogP contribution in [-0.2, 0) is 4.74 Å². The maximum absolute atomic E-state index is 13.4. The molecule has 22 heavy (non-hydrogen) atoms. The number of hydrogen-bond donors (Lipinski definition) is 2. The van der Waals surface area contributed by atoms with Crippen LogP contribution in [0.5, 0.6) is 5.75 Å². The first-order valence-electron chi connectivity index (χ1n) is 7.28. The number of β-amino-alcohol motifs (C(OH)–C–C–N with tert-alkyl or cyclic N) is 1. The number of hydrogen-bond acceptors (Lipinski definition) is 5. The standard InChI is InChI=1S/C15H19ClFNO4/c16-12-2-1-11(5-13(12)17)22-9-15(20)8-18(4-3-14(15)19)10-6-21-7-10/h1-2,5,10,14,19-20H,3-4,6-9H2/t14-,15-/m0/s1. The van der Waals surface area contributed by atoms with Gasteiger partial charge < -0.3 is 19.7 Å². The Balaban J connectivity index is 1.64. The van der Waals surface area contributed by atoms with E-state index < -0.39 is 17.5 Å². The molecule has 5 nitrogen and oxygen atoms in total. The average Bonchev–Trinajstić information content (AvgIpc) is 2.43. The van der Waals surface area contributed by atoms with Crippen molar-refractivity contribution in [2.75, 3.05) is 32.9 Å². The van der Waals surface area contributed by atoms with E-state index in [1.165, 1.54) is 18.2 Å². The zero-order valence-corrected chi connectivity index (χ0v) is 12.8. The van der Waals surface area contributed by atoms with Gasteiger partial charge in [0.1, 0.15) is 23.8 Å². The molecule has 122 valence electrons. The summed E-state index contributed by atoms with van der Waals surface area (Å²) < 4.78 is 24.0. The van der Waals surface area contributed by atoms with Crippen molar-refractivity contribution in [2.45, 2.75) is 24.2 Å². The van der Waals surface area contributed by atoms with Crippen molar-refractivity contribution in [3.05, 3.63) is 29.0 Å². The molecule has 0 bridgehead atoms. The van der Waals surface area contributed by atoms with Gasteiger partial charge in [-0.25, -0.2) is 4.39 Å². The van der Waals surface area contributed by atoms with Gasteiger partial charge in [0.15, 0.2) is 0 Å². The average molecular weight is 332 g/mol. The molecule has 0 unspecified atom stereocenters. The molecule has 0 radical (unpaired) electrons. The van der Waals surface area contributed by atoms with E-state index in [-0.39, 0.29) is 23.4 Å². The quantitative estimate of drug-likeness (QED) is 0.863. The lowest BCUT2D eigenvalue weighted by atomic mass is 9.89. The molecule has 2 atom stereocenters. The Hall–Kier alpha value is -0.920. The van der Waals surface area contributed by atoms with Crippen molar-refractivity contribution in [3.8, 4) is 5.75 Å². The van der Waals surface area contributed by atoms with Crippen LogP contribution in [0.2, 0.25) is 5.02 Å². The second kappa shape index (κ2) is 6.29. The van der Waals surface area contributed by atoms with Gasteiger partial charge in [0, 0.05) is 19.2 Å². The summed E-state index contributed by atoms with van der Waals surface area (Å²) in [7, 11) is 0. The Kier molecular flexibility index (Phi) is 4.56. The number of rotatable bonds is 4. The lowest BCUT2D eigenvalue weighted by Crippen LogP contribution is -2.64. The SMILES string of the molecule is O[C@H]1CCN(C2COC2)C[C@]1(O)COc1ccc(Cl)c(F)c1. The smallest absolute Gasteiger partial charge is 0.145 e. The zero-order valence-electron chi connectivity index (χ0n) is 12.0. The normalized spacial score (nSPS) is 30.1. The molecule has 2 N–H and O–H groups in total. The molecule has 2 fully saturated rings. The highest BCUT2D eigenvalue weighted by Crippen LogP contribution is 2.27. The summed E-state index contributed by atoms with van der Waals surface area (Å²) >= 11 is 5.62. The molecule has 2 aliphatic heterocycles. The Bertz CT molecular complexity index is 542. The van der Waals surface area contributed by atoms with Gasteiger partial charge in [0.2, 0.25) is 0 Å². The van der Waals surface area contributed by atoms with Crippen LogP contribution in [0.4, 0.5) is 4.39 Å². The summed E-state index contributed by atoms with van der Waals surface area (Å²) in [5.41, 5.74) is -1.38. The third-order valence-electron chi connectivity index (χ3n) is 4.30. The monoisotopic (exact) mass is 331 g/mol. The number of piperidine rings is 1. The van der Waals surface area contributed by atoms with Crippen molar-refractivity contribution in [1.29, 1.82) is 0 Å². The van der Waals surface area contributed by atoms with Gasteiger partial charge in [0.05, 0.1) is 30.4 Å². The van der Waals surface area contributed by atoms with Gasteiger partial charge in [-0.05, 0) is 18.6 Å². The molecule has 3 rings (SSSR count). The predicted octanol–water partition coefficient (Wildman–Crippen LogP) is 1.05. The summed E-state index contributed by atoms with van der Waals surface area (Å²) in [4.78, 5) is 2.10. The van der Waals surface area contributed by atoms with Crippen molar-refractivity contribution in [3.63, 3.8) is 0 Å². The minimum atomic E-state index is -1.38. The molecule has 2 saturated heterocycles.